The standard InChI is InChI=1S/C17H14ClFN4O/c1-9-11-3-2-5-20-13(11)4-6-23(9)17(24)16-21-14-8-10(19)7-12(18)15(14)22-16/h2-3,5,7-9H,4,6H2,1H3,(H,21,22)/t9-/m1/s1. The summed E-state index contributed by atoms with van der Waals surface area (Å²) in [5, 5.41) is 0.182. The molecular formula is C17H14ClFN4O. The minimum absolute atomic E-state index is 0.102. The molecule has 1 aromatic carbocycles. The molecule has 2 aromatic heterocycles. The molecule has 24 heavy (non-hydrogen) atoms. The van der Waals surface area contributed by atoms with Crippen molar-refractivity contribution in [3.05, 3.63) is 58.4 Å². The van der Waals surface area contributed by atoms with Crippen molar-refractivity contribution in [2.24, 2.45) is 0 Å². The topological polar surface area (TPSA) is 61.9 Å². The number of hydrogen-bond donors (Lipinski definition) is 1. The van der Waals surface area contributed by atoms with E-state index in [1.807, 2.05) is 19.1 Å². The maximum absolute atomic E-state index is 13.5. The Kier molecular flexibility index (Phi) is 3.49. The molecule has 1 N–H and O–H groups in total. The molecule has 1 aliphatic heterocycles. The van der Waals surface area contributed by atoms with Gasteiger partial charge in [0.1, 0.15) is 11.3 Å². The maximum atomic E-state index is 13.5. The lowest BCUT2D eigenvalue weighted by atomic mass is 9.98. The Morgan fingerprint density at radius 1 is 1.46 bits per heavy atom. The van der Waals surface area contributed by atoms with Crippen molar-refractivity contribution in [2.75, 3.05) is 6.54 Å². The molecular weight excluding hydrogens is 331 g/mol. The van der Waals surface area contributed by atoms with Crippen LogP contribution in [0.15, 0.2) is 30.5 Å². The molecule has 1 atom stereocenters. The molecule has 0 saturated heterocycles. The Bertz CT molecular complexity index is 955. The summed E-state index contributed by atoms with van der Waals surface area (Å²) < 4.78 is 13.5. The third kappa shape index (κ3) is 2.34. The number of carbonyl (C=O) groups excluding carboxylic acids is 1. The summed E-state index contributed by atoms with van der Waals surface area (Å²) in [7, 11) is 0. The van der Waals surface area contributed by atoms with Crippen LogP contribution in [0.25, 0.3) is 11.0 Å². The normalized spacial score (nSPS) is 17.1. The Morgan fingerprint density at radius 2 is 2.29 bits per heavy atom. The summed E-state index contributed by atoms with van der Waals surface area (Å²) in [4.78, 5) is 26.1. The first-order valence-corrected chi connectivity index (χ1v) is 8.02. The largest absolute Gasteiger partial charge is 0.334 e. The summed E-state index contributed by atoms with van der Waals surface area (Å²) in [6.45, 7) is 2.52. The van der Waals surface area contributed by atoms with Crippen LogP contribution in [0.3, 0.4) is 0 Å². The van der Waals surface area contributed by atoms with Gasteiger partial charge in [-0.1, -0.05) is 17.7 Å². The third-order valence-corrected chi connectivity index (χ3v) is 4.69. The molecule has 7 heteroatoms. The number of nitrogens with zero attached hydrogens (tertiary/aromatic N) is 3. The fourth-order valence-electron chi connectivity index (χ4n) is 3.18. The van der Waals surface area contributed by atoms with Crippen molar-refractivity contribution in [3.8, 4) is 0 Å². The number of carbonyl (C=O) groups is 1. The molecule has 0 aliphatic carbocycles. The molecule has 3 aromatic rings. The van der Waals surface area contributed by atoms with Crippen LogP contribution in [0.5, 0.6) is 0 Å². The van der Waals surface area contributed by atoms with Gasteiger partial charge in [0.15, 0.2) is 5.82 Å². The smallest absolute Gasteiger partial charge is 0.290 e. The quantitative estimate of drug-likeness (QED) is 0.734. The maximum Gasteiger partial charge on any atom is 0.290 e. The van der Waals surface area contributed by atoms with Crippen molar-refractivity contribution < 1.29 is 9.18 Å². The van der Waals surface area contributed by atoms with E-state index >= 15 is 0 Å². The third-order valence-electron chi connectivity index (χ3n) is 4.40. The molecule has 1 aliphatic rings. The number of aromatic amines is 1. The predicted octanol–water partition coefficient (Wildman–Crippen LogP) is 3.51. The van der Waals surface area contributed by atoms with Crippen molar-refractivity contribution >= 4 is 28.5 Å². The van der Waals surface area contributed by atoms with Gasteiger partial charge in [-0.3, -0.25) is 9.78 Å². The fourth-order valence-corrected chi connectivity index (χ4v) is 3.43. The Balaban J connectivity index is 1.71. The highest BCUT2D eigenvalue weighted by molar-refractivity contribution is 6.35. The molecule has 5 nitrogen and oxygen atoms in total. The zero-order valence-corrected chi connectivity index (χ0v) is 13.6. The Labute approximate surface area is 142 Å². The number of halogens is 2. The van der Waals surface area contributed by atoms with E-state index in [9.17, 15) is 9.18 Å². The summed E-state index contributed by atoms with van der Waals surface area (Å²) >= 11 is 6.01. The summed E-state index contributed by atoms with van der Waals surface area (Å²) in [6, 6.07) is 6.22. The van der Waals surface area contributed by atoms with Crippen molar-refractivity contribution in [1.29, 1.82) is 0 Å². The van der Waals surface area contributed by atoms with Crippen LogP contribution in [0.4, 0.5) is 4.39 Å². The number of hydrogen-bond acceptors (Lipinski definition) is 3. The van der Waals surface area contributed by atoms with E-state index < -0.39 is 5.82 Å². The lowest BCUT2D eigenvalue weighted by molar-refractivity contribution is 0.0665. The molecule has 3 heterocycles. The highest BCUT2D eigenvalue weighted by atomic mass is 35.5. The van der Waals surface area contributed by atoms with Crippen LogP contribution >= 0.6 is 11.6 Å². The number of amides is 1. The number of fused-ring (bicyclic) bond motifs is 2. The molecule has 0 radical (unpaired) electrons. The van der Waals surface area contributed by atoms with Crippen LogP contribution in [-0.4, -0.2) is 32.3 Å². The number of rotatable bonds is 1. The molecule has 4 rings (SSSR count). The Hall–Kier alpha value is -2.47. The second kappa shape index (κ2) is 5.56. The minimum atomic E-state index is -0.471. The van der Waals surface area contributed by atoms with Gasteiger partial charge in [-0.05, 0) is 30.7 Å². The molecule has 0 unspecified atom stereocenters. The molecule has 122 valence electrons. The number of aromatic nitrogens is 3. The summed E-state index contributed by atoms with van der Waals surface area (Å²) in [6.07, 6.45) is 2.46. The van der Waals surface area contributed by atoms with Crippen LogP contribution in [0.1, 0.15) is 34.8 Å². The second-order valence-corrected chi connectivity index (χ2v) is 6.24. The SMILES string of the molecule is C[C@@H]1c2cccnc2CCN1C(=O)c1nc2c(Cl)cc(F)cc2[nH]1. The van der Waals surface area contributed by atoms with Gasteiger partial charge in [-0.25, -0.2) is 9.37 Å². The molecule has 1 amide bonds. The van der Waals surface area contributed by atoms with Crippen molar-refractivity contribution in [2.45, 2.75) is 19.4 Å². The number of nitrogens with one attached hydrogen (secondary N) is 1. The van der Waals surface area contributed by atoms with E-state index in [1.165, 1.54) is 12.1 Å². The lowest BCUT2D eigenvalue weighted by Gasteiger charge is -2.34. The average molecular weight is 345 g/mol. The first-order chi connectivity index (χ1) is 11.5. The number of H-pyrrole nitrogens is 1. The van der Waals surface area contributed by atoms with E-state index in [0.29, 0.717) is 24.0 Å². The van der Waals surface area contributed by atoms with E-state index in [1.54, 1.807) is 11.1 Å². The highest BCUT2D eigenvalue weighted by Gasteiger charge is 2.30. The van der Waals surface area contributed by atoms with Gasteiger partial charge < -0.3 is 9.88 Å². The first kappa shape index (κ1) is 15.1. The number of benzene rings is 1. The average Bonchev–Trinajstić information content (AvgIpc) is 2.99. The monoisotopic (exact) mass is 344 g/mol. The van der Waals surface area contributed by atoms with Gasteiger partial charge in [0.25, 0.3) is 5.91 Å². The molecule has 0 bridgehead atoms. The zero-order chi connectivity index (χ0) is 16.8. The lowest BCUT2D eigenvalue weighted by Crippen LogP contribution is -2.39. The molecule has 0 spiro atoms. The van der Waals surface area contributed by atoms with Gasteiger partial charge in [0, 0.05) is 24.9 Å². The van der Waals surface area contributed by atoms with Gasteiger partial charge >= 0.3 is 0 Å². The number of pyridine rings is 1. The second-order valence-electron chi connectivity index (χ2n) is 5.83. The van der Waals surface area contributed by atoms with E-state index in [0.717, 1.165) is 11.3 Å². The van der Waals surface area contributed by atoms with Crippen LogP contribution in [-0.2, 0) is 6.42 Å². The van der Waals surface area contributed by atoms with Gasteiger partial charge in [-0.15, -0.1) is 0 Å². The molecule has 0 fully saturated rings. The van der Waals surface area contributed by atoms with Gasteiger partial charge in [0.2, 0.25) is 0 Å². The van der Waals surface area contributed by atoms with Crippen LogP contribution in [0.2, 0.25) is 5.02 Å². The Morgan fingerprint density at radius 3 is 3.12 bits per heavy atom. The van der Waals surface area contributed by atoms with Gasteiger partial charge in [-0.2, -0.15) is 0 Å². The first-order valence-electron chi connectivity index (χ1n) is 7.64. The highest BCUT2D eigenvalue weighted by Crippen LogP contribution is 2.30. The van der Waals surface area contributed by atoms with Crippen molar-refractivity contribution in [3.63, 3.8) is 0 Å². The summed E-state index contributed by atoms with van der Waals surface area (Å²) in [5.74, 6) is -0.539. The fraction of sp³-hybridized carbons (Fsp3) is 0.235. The van der Waals surface area contributed by atoms with E-state index in [4.69, 9.17) is 11.6 Å². The predicted molar refractivity (Wildman–Crippen MR) is 88.5 cm³/mol. The van der Waals surface area contributed by atoms with Crippen LogP contribution < -0.4 is 0 Å². The van der Waals surface area contributed by atoms with E-state index in [-0.39, 0.29) is 22.8 Å². The minimum Gasteiger partial charge on any atom is -0.334 e. The van der Waals surface area contributed by atoms with Crippen molar-refractivity contribution in [1.82, 2.24) is 19.9 Å². The number of imidazole rings is 1. The molecule has 0 saturated carbocycles. The van der Waals surface area contributed by atoms with E-state index in [2.05, 4.69) is 15.0 Å². The van der Waals surface area contributed by atoms with Gasteiger partial charge in [0.05, 0.1) is 16.6 Å². The summed E-state index contributed by atoms with van der Waals surface area (Å²) in [5.41, 5.74) is 2.87. The van der Waals surface area contributed by atoms with Crippen LogP contribution in [0, 0.1) is 5.82 Å². The zero-order valence-electron chi connectivity index (χ0n) is 12.9.